The van der Waals surface area contributed by atoms with Crippen molar-refractivity contribution in [1.82, 2.24) is 10.3 Å². The van der Waals surface area contributed by atoms with Gasteiger partial charge in [0.2, 0.25) is 0 Å². The first-order valence-corrected chi connectivity index (χ1v) is 6.14. The number of carbonyl (C=O) groups excluding carboxylic acids is 1. The Morgan fingerprint density at radius 1 is 1.20 bits per heavy atom. The van der Waals surface area contributed by atoms with Crippen LogP contribution in [0.4, 0.5) is 0 Å². The largest absolute Gasteiger partial charge is 0.493 e. The third-order valence-electron chi connectivity index (χ3n) is 2.85. The molecule has 0 aliphatic carbocycles. The zero-order chi connectivity index (χ0) is 14.4. The number of para-hydroxylation sites is 1. The van der Waals surface area contributed by atoms with E-state index in [1.54, 1.807) is 32.5 Å². The van der Waals surface area contributed by atoms with Crippen LogP contribution in [0.3, 0.4) is 0 Å². The van der Waals surface area contributed by atoms with Crippen LogP contribution in [0.5, 0.6) is 11.5 Å². The maximum atomic E-state index is 11.9. The predicted molar refractivity (Wildman–Crippen MR) is 75.0 cm³/mol. The van der Waals surface area contributed by atoms with Crippen LogP contribution in [-0.2, 0) is 6.54 Å². The van der Waals surface area contributed by atoms with E-state index in [1.807, 2.05) is 18.2 Å². The van der Waals surface area contributed by atoms with E-state index >= 15 is 0 Å². The molecule has 0 atom stereocenters. The minimum Gasteiger partial charge on any atom is -0.493 e. The average molecular weight is 272 g/mol. The van der Waals surface area contributed by atoms with Crippen LogP contribution in [0.25, 0.3) is 0 Å². The summed E-state index contributed by atoms with van der Waals surface area (Å²) in [6, 6.07) is 8.98. The number of hydrogen-bond donors (Lipinski definition) is 1. The molecule has 20 heavy (non-hydrogen) atoms. The summed E-state index contributed by atoms with van der Waals surface area (Å²) >= 11 is 0. The molecule has 0 unspecified atom stereocenters. The van der Waals surface area contributed by atoms with Gasteiger partial charge in [0, 0.05) is 24.5 Å². The van der Waals surface area contributed by atoms with Crippen LogP contribution in [0.1, 0.15) is 15.9 Å². The molecule has 5 heteroatoms. The van der Waals surface area contributed by atoms with E-state index in [0.717, 1.165) is 5.56 Å². The number of ether oxygens (including phenoxy) is 2. The zero-order valence-corrected chi connectivity index (χ0v) is 11.4. The molecule has 1 N–H and O–H groups in total. The first kappa shape index (κ1) is 13.9. The molecule has 1 amide bonds. The molecule has 0 saturated heterocycles. The van der Waals surface area contributed by atoms with Gasteiger partial charge in [0.15, 0.2) is 11.5 Å². The minimum absolute atomic E-state index is 0.178. The summed E-state index contributed by atoms with van der Waals surface area (Å²) in [7, 11) is 3.15. The SMILES string of the molecule is COc1cccc(CNC(=O)c2cccnc2)c1OC. The quantitative estimate of drug-likeness (QED) is 0.904. The molecule has 0 fully saturated rings. The monoisotopic (exact) mass is 272 g/mol. The van der Waals surface area contributed by atoms with Crippen molar-refractivity contribution in [2.45, 2.75) is 6.54 Å². The molecule has 0 saturated carbocycles. The van der Waals surface area contributed by atoms with E-state index in [4.69, 9.17) is 9.47 Å². The van der Waals surface area contributed by atoms with Gasteiger partial charge in [-0.1, -0.05) is 12.1 Å². The number of pyridine rings is 1. The number of hydrogen-bond acceptors (Lipinski definition) is 4. The predicted octanol–water partition coefficient (Wildman–Crippen LogP) is 2.03. The smallest absolute Gasteiger partial charge is 0.253 e. The van der Waals surface area contributed by atoms with Gasteiger partial charge in [-0.05, 0) is 18.2 Å². The molecule has 1 aromatic carbocycles. The number of rotatable bonds is 5. The summed E-state index contributed by atoms with van der Waals surface area (Å²) in [6.07, 6.45) is 3.15. The Morgan fingerprint density at radius 2 is 2.05 bits per heavy atom. The molecule has 2 rings (SSSR count). The standard InChI is InChI=1S/C15H16N2O3/c1-19-13-7-3-5-11(14(13)20-2)10-17-15(18)12-6-4-8-16-9-12/h3-9H,10H2,1-2H3,(H,17,18). The highest BCUT2D eigenvalue weighted by atomic mass is 16.5. The highest BCUT2D eigenvalue weighted by molar-refractivity contribution is 5.93. The Bertz CT molecular complexity index is 585. The summed E-state index contributed by atoms with van der Waals surface area (Å²) in [6.45, 7) is 0.355. The molecular weight excluding hydrogens is 256 g/mol. The lowest BCUT2D eigenvalue weighted by atomic mass is 10.1. The molecule has 5 nitrogen and oxygen atoms in total. The summed E-state index contributed by atoms with van der Waals surface area (Å²) in [5.74, 6) is 1.09. The van der Waals surface area contributed by atoms with Gasteiger partial charge in [-0.25, -0.2) is 0 Å². The third-order valence-corrected chi connectivity index (χ3v) is 2.85. The Balaban J connectivity index is 2.10. The van der Waals surface area contributed by atoms with Crippen LogP contribution < -0.4 is 14.8 Å². The third kappa shape index (κ3) is 3.06. The van der Waals surface area contributed by atoms with E-state index in [0.29, 0.717) is 23.6 Å². The zero-order valence-electron chi connectivity index (χ0n) is 11.4. The fourth-order valence-corrected chi connectivity index (χ4v) is 1.87. The van der Waals surface area contributed by atoms with E-state index in [1.165, 1.54) is 6.20 Å². The van der Waals surface area contributed by atoms with E-state index < -0.39 is 0 Å². The van der Waals surface area contributed by atoms with Gasteiger partial charge < -0.3 is 14.8 Å². The molecule has 0 radical (unpaired) electrons. The van der Waals surface area contributed by atoms with Crippen LogP contribution in [0.15, 0.2) is 42.7 Å². The molecule has 1 heterocycles. The van der Waals surface area contributed by atoms with Crippen molar-refractivity contribution in [3.8, 4) is 11.5 Å². The number of amides is 1. The number of nitrogens with zero attached hydrogens (tertiary/aromatic N) is 1. The van der Waals surface area contributed by atoms with Crippen molar-refractivity contribution < 1.29 is 14.3 Å². The number of benzene rings is 1. The lowest BCUT2D eigenvalue weighted by molar-refractivity contribution is 0.0950. The highest BCUT2D eigenvalue weighted by Crippen LogP contribution is 2.30. The number of methoxy groups -OCH3 is 2. The van der Waals surface area contributed by atoms with Crippen LogP contribution in [0.2, 0.25) is 0 Å². The topological polar surface area (TPSA) is 60.5 Å². The number of carbonyl (C=O) groups is 1. The lowest BCUT2D eigenvalue weighted by Gasteiger charge is -2.13. The van der Waals surface area contributed by atoms with Crippen molar-refractivity contribution >= 4 is 5.91 Å². The van der Waals surface area contributed by atoms with E-state index in [2.05, 4.69) is 10.3 Å². The molecule has 2 aromatic rings. The number of nitrogens with one attached hydrogen (secondary N) is 1. The van der Waals surface area contributed by atoms with Gasteiger partial charge in [0.1, 0.15) is 0 Å². The van der Waals surface area contributed by atoms with Crippen LogP contribution in [0, 0.1) is 0 Å². The lowest BCUT2D eigenvalue weighted by Crippen LogP contribution is -2.23. The molecule has 0 spiro atoms. The van der Waals surface area contributed by atoms with Crippen LogP contribution >= 0.6 is 0 Å². The highest BCUT2D eigenvalue weighted by Gasteiger charge is 2.11. The van der Waals surface area contributed by atoms with Gasteiger partial charge in [0.05, 0.1) is 19.8 Å². The van der Waals surface area contributed by atoms with Crippen molar-refractivity contribution in [2.24, 2.45) is 0 Å². The Hall–Kier alpha value is -2.56. The Morgan fingerprint density at radius 3 is 2.70 bits per heavy atom. The molecule has 0 aliphatic heterocycles. The maximum Gasteiger partial charge on any atom is 0.253 e. The summed E-state index contributed by atoms with van der Waals surface area (Å²) in [4.78, 5) is 15.9. The van der Waals surface area contributed by atoms with Crippen molar-refractivity contribution in [1.29, 1.82) is 0 Å². The van der Waals surface area contributed by atoms with Gasteiger partial charge >= 0.3 is 0 Å². The van der Waals surface area contributed by atoms with Gasteiger partial charge in [-0.15, -0.1) is 0 Å². The molecule has 104 valence electrons. The van der Waals surface area contributed by atoms with Crippen molar-refractivity contribution in [3.05, 3.63) is 53.9 Å². The molecule has 1 aromatic heterocycles. The maximum absolute atomic E-state index is 11.9. The fraction of sp³-hybridized carbons (Fsp3) is 0.200. The number of aromatic nitrogens is 1. The van der Waals surface area contributed by atoms with Gasteiger partial charge in [0.25, 0.3) is 5.91 Å². The van der Waals surface area contributed by atoms with Crippen LogP contribution in [-0.4, -0.2) is 25.1 Å². The Kier molecular flexibility index (Phi) is 4.55. The van der Waals surface area contributed by atoms with Gasteiger partial charge in [-0.3, -0.25) is 9.78 Å². The average Bonchev–Trinajstić information content (AvgIpc) is 2.52. The fourth-order valence-electron chi connectivity index (χ4n) is 1.87. The normalized spacial score (nSPS) is 9.90. The van der Waals surface area contributed by atoms with Gasteiger partial charge in [-0.2, -0.15) is 0 Å². The summed E-state index contributed by atoms with van der Waals surface area (Å²) < 4.78 is 10.5. The first-order chi connectivity index (χ1) is 9.76. The Labute approximate surface area is 117 Å². The van der Waals surface area contributed by atoms with Crippen molar-refractivity contribution in [2.75, 3.05) is 14.2 Å². The molecular formula is C15H16N2O3. The summed E-state index contributed by atoms with van der Waals surface area (Å²) in [5.41, 5.74) is 1.37. The summed E-state index contributed by atoms with van der Waals surface area (Å²) in [5, 5.41) is 2.83. The first-order valence-electron chi connectivity index (χ1n) is 6.14. The molecule has 0 aliphatic rings. The molecule has 0 bridgehead atoms. The van der Waals surface area contributed by atoms with E-state index in [-0.39, 0.29) is 5.91 Å². The minimum atomic E-state index is -0.178. The van der Waals surface area contributed by atoms with Crippen molar-refractivity contribution in [3.63, 3.8) is 0 Å². The second-order valence-corrected chi connectivity index (χ2v) is 4.08. The second kappa shape index (κ2) is 6.56. The second-order valence-electron chi connectivity index (χ2n) is 4.08. The van der Waals surface area contributed by atoms with E-state index in [9.17, 15) is 4.79 Å².